The van der Waals surface area contributed by atoms with Crippen LogP contribution in [-0.2, 0) is 12.8 Å². The summed E-state index contributed by atoms with van der Waals surface area (Å²) in [7, 11) is 0. The minimum Gasteiger partial charge on any atom is -0.324 e. The molecule has 0 unspecified atom stereocenters. The van der Waals surface area contributed by atoms with Crippen LogP contribution in [0.2, 0.25) is 0 Å². The minimum atomic E-state index is 0.815. The first-order valence-electron chi connectivity index (χ1n) is 9.90. The fourth-order valence-electron chi connectivity index (χ4n) is 3.55. The van der Waals surface area contributed by atoms with Crippen molar-refractivity contribution in [3.8, 4) is 0 Å². The molecule has 3 nitrogen and oxygen atoms in total. The van der Waals surface area contributed by atoms with E-state index in [4.69, 9.17) is 0 Å². The number of nitrogens with zero attached hydrogens (tertiary/aromatic N) is 3. The second-order valence-corrected chi connectivity index (χ2v) is 7.35. The monoisotopic (exact) mass is 363 g/mol. The minimum absolute atomic E-state index is 0.815. The van der Waals surface area contributed by atoms with Gasteiger partial charge in [-0.3, -0.25) is 0 Å². The van der Waals surface area contributed by atoms with Crippen LogP contribution in [0.15, 0.2) is 63.9 Å². The van der Waals surface area contributed by atoms with Crippen molar-refractivity contribution >= 4 is 18.2 Å². The smallest absolute Gasteiger partial charge is 0.132 e. The van der Waals surface area contributed by atoms with Gasteiger partial charge >= 0.3 is 0 Å². The molecule has 0 atom stereocenters. The van der Waals surface area contributed by atoms with Crippen molar-refractivity contribution in [1.82, 2.24) is 0 Å². The van der Waals surface area contributed by atoms with Crippen molar-refractivity contribution in [2.75, 3.05) is 11.4 Å². The van der Waals surface area contributed by atoms with E-state index in [0.29, 0.717) is 0 Å². The third-order valence-corrected chi connectivity index (χ3v) is 4.98. The van der Waals surface area contributed by atoms with Crippen molar-refractivity contribution in [2.45, 2.75) is 59.8 Å². The van der Waals surface area contributed by atoms with Gasteiger partial charge in [0.1, 0.15) is 5.84 Å². The zero-order valence-corrected chi connectivity index (χ0v) is 17.4. The van der Waals surface area contributed by atoms with Crippen LogP contribution in [-0.4, -0.2) is 19.1 Å². The summed E-state index contributed by atoms with van der Waals surface area (Å²) >= 11 is 0. The molecule has 27 heavy (non-hydrogen) atoms. The highest BCUT2D eigenvalue weighted by Gasteiger charge is 2.21. The van der Waals surface area contributed by atoms with Crippen molar-refractivity contribution in [3.63, 3.8) is 0 Å². The Labute approximate surface area is 164 Å². The molecule has 144 valence electrons. The van der Waals surface area contributed by atoms with Gasteiger partial charge in [-0.15, -0.1) is 11.7 Å². The lowest BCUT2D eigenvalue weighted by atomic mass is 10.00. The van der Waals surface area contributed by atoms with E-state index in [9.17, 15) is 0 Å². The Kier molecular flexibility index (Phi) is 7.78. The van der Waals surface area contributed by atoms with Gasteiger partial charge in [0.2, 0.25) is 0 Å². The van der Waals surface area contributed by atoms with E-state index in [-0.39, 0.29) is 0 Å². The molecule has 2 rings (SSSR count). The van der Waals surface area contributed by atoms with Crippen molar-refractivity contribution < 1.29 is 0 Å². The lowest BCUT2D eigenvalue weighted by molar-refractivity contribution is 0.916. The molecule has 0 amide bonds. The molecule has 3 heteroatoms. The van der Waals surface area contributed by atoms with Gasteiger partial charge in [-0.25, -0.2) is 0 Å². The summed E-state index contributed by atoms with van der Waals surface area (Å²) in [4.78, 5) is 2.37. The number of benzene rings is 1. The summed E-state index contributed by atoms with van der Waals surface area (Å²) in [5, 5.41) is 8.35. The highest BCUT2D eigenvalue weighted by atomic mass is 15.3. The van der Waals surface area contributed by atoms with Gasteiger partial charge in [0.25, 0.3) is 0 Å². The summed E-state index contributed by atoms with van der Waals surface area (Å²) in [5.41, 5.74) is 7.97. The van der Waals surface area contributed by atoms with Gasteiger partial charge in [-0.05, 0) is 56.2 Å². The lowest BCUT2D eigenvalue weighted by Gasteiger charge is -2.31. The molecule has 1 aromatic rings. The van der Waals surface area contributed by atoms with E-state index in [1.54, 1.807) is 0 Å². The summed E-state index contributed by atoms with van der Waals surface area (Å²) in [6.07, 6.45) is 9.20. The predicted molar refractivity (Wildman–Crippen MR) is 120 cm³/mol. The molecule has 1 aromatic carbocycles. The van der Waals surface area contributed by atoms with Crippen LogP contribution in [0.5, 0.6) is 0 Å². The van der Waals surface area contributed by atoms with E-state index < -0.39 is 0 Å². The van der Waals surface area contributed by atoms with Gasteiger partial charge in [0.15, 0.2) is 0 Å². The number of para-hydroxylation sites is 1. The Hall–Kier alpha value is -2.42. The Balaban J connectivity index is 2.50. The van der Waals surface area contributed by atoms with Gasteiger partial charge in [0.05, 0.1) is 0 Å². The lowest BCUT2D eigenvalue weighted by Crippen LogP contribution is -2.34. The molecule has 0 radical (unpaired) electrons. The number of aryl methyl sites for hydroxylation is 2. The highest BCUT2D eigenvalue weighted by molar-refractivity contribution is 5.99. The normalized spacial score (nSPS) is 14.0. The molecule has 1 aliphatic carbocycles. The second kappa shape index (κ2) is 10.1. The molecule has 0 saturated heterocycles. The van der Waals surface area contributed by atoms with Gasteiger partial charge < -0.3 is 4.90 Å². The number of hydrogen-bond donors (Lipinski definition) is 0. The van der Waals surface area contributed by atoms with Crippen molar-refractivity contribution in [1.29, 1.82) is 0 Å². The van der Waals surface area contributed by atoms with Crippen LogP contribution in [0.25, 0.3) is 0 Å². The first-order chi connectivity index (χ1) is 13.0. The summed E-state index contributed by atoms with van der Waals surface area (Å²) < 4.78 is 0. The number of hydrogen-bond acceptors (Lipinski definition) is 2. The molecule has 0 spiro atoms. The molecule has 0 fully saturated rings. The Morgan fingerprint density at radius 1 is 1.11 bits per heavy atom. The van der Waals surface area contributed by atoms with E-state index in [2.05, 4.69) is 86.4 Å². The third kappa shape index (κ3) is 5.53. The zero-order valence-electron chi connectivity index (χ0n) is 17.4. The van der Waals surface area contributed by atoms with E-state index >= 15 is 0 Å². The maximum absolute atomic E-state index is 4.46. The molecule has 0 N–H and O–H groups in total. The molecule has 0 aliphatic heterocycles. The Morgan fingerprint density at radius 3 is 2.26 bits per heavy atom. The average Bonchev–Trinajstić information content (AvgIpc) is 3.07. The number of anilines is 1. The summed E-state index contributed by atoms with van der Waals surface area (Å²) in [6.45, 7) is 17.2. The SMILES string of the molecule is C=N/N=C(/CCC(=C)C)N(CC1=CC=C(C)C1)c1c(CC)cccc1CC. The van der Waals surface area contributed by atoms with Crippen LogP contribution in [0.3, 0.4) is 0 Å². The number of rotatable bonds is 9. The molecule has 0 saturated carbocycles. The van der Waals surface area contributed by atoms with E-state index in [1.807, 2.05) is 0 Å². The molecular formula is C24H33N3. The number of allylic oxidation sites excluding steroid dienone is 4. The van der Waals surface area contributed by atoms with Crippen LogP contribution in [0, 0.1) is 0 Å². The standard InChI is InChI=1S/C24H33N3/c1-7-21-10-9-11-22(8-2)24(21)27(17-20-14-13-19(5)16-20)23(26-25-6)15-12-18(3)4/h9-11,13-14H,3,6-8,12,15-17H2,1-2,4-5H3/b26-23-. The topological polar surface area (TPSA) is 28.0 Å². The molecular weight excluding hydrogens is 330 g/mol. The van der Waals surface area contributed by atoms with Gasteiger partial charge in [-0.2, -0.15) is 5.10 Å². The third-order valence-electron chi connectivity index (χ3n) is 4.98. The van der Waals surface area contributed by atoms with Crippen molar-refractivity contribution in [2.24, 2.45) is 10.2 Å². The fraction of sp³-hybridized carbons (Fsp3) is 0.417. The molecule has 0 bridgehead atoms. The van der Waals surface area contributed by atoms with Gasteiger partial charge in [0, 0.05) is 25.4 Å². The van der Waals surface area contributed by atoms with E-state index in [1.165, 1.54) is 28.0 Å². The quantitative estimate of drug-likeness (QED) is 0.220. The molecule has 0 aromatic heterocycles. The maximum atomic E-state index is 4.46. The van der Waals surface area contributed by atoms with Crippen LogP contribution < -0.4 is 4.90 Å². The average molecular weight is 364 g/mol. The largest absolute Gasteiger partial charge is 0.324 e. The van der Waals surface area contributed by atoms with E-state index in [0.717, 1.165) is 50.1 Å². The highest BCUT2D eigenvalue weighted by Crippen LogP contribution is 2.31. The Bertz CT molecular complexity index is 759. The maximum Gasteiger partial charge on any atom is 0.132 e. The predicted octanol–water partition coefficient (Wildman–Crippen LogP) is 6.26. The van der Waals surface area contributed by atoms with Crippen molar-refractivity contribution in [3.05, 3.63) is 64.8 Å². The van der Waals surface area contributed by atoms with Crippen LogP contribution in [0.1, 0.15) is 58.1 Å². The Morgan fingerprint density at radius 2 is 1.78 bits per heavy atom. The fourth-order valence-corrected chi connectivity index (χ4v) is 3.55. The first kappa shape index (κ1) is 20.9. The molecule has 0 heterocycles. The van der Waals surface area contributed by atoms with Crippen LogP contribution >= 0.6 is 0 Å². The zero-order chi connectivity index (χ0) is 19.8. The second-order valence-electron chi connectivity index (χ2n) is 7.35. The van der Waals surface area contributed by atoms with Crippen LogP contribution in [0.4, 0.5) is 5.69 Å². The first-order valence-corrected chi connectivity index (χ1v) is 9.90. The summed E-state index contributed by atoms with van der Waals surface area (Å²) in [6, 6.07) is 6.62. The van der Waals surface area contributed by atoms with Gasteiger partial charge in [-0.1, -0.05) is 55.3 Å². The number of amidine groups is 1. The summed E-state index contributed by atoms with van der Waals surface area (Å²) in [5.74, 6) is 0.967. The molecule has 1 aliphatic rings.